The maximum Gasteiger partial charge on any atom is 0.311 e. The van der Waals surface area contributed by atoms with Crippen LogP contribution < -0.4 is 0 Å². The molecule has 0 aliphatic rings. The third-order valence-corrected chi connectivity index (χ3v) is 4.60. The maximum atomic E-state index is 11.6. The van der Waals surface area contributed by atoms with E-state index in [0.717, 1.165) is 22.3 Å². The zero-order valence-electron chi connectivity index (χ0n) is 11.8. The molecule has 1 aromatic carbocycles. The number of hydrogen-bond donors (Lipinski definition) is 1. The zero-order valence-corrected chi connectivity index (χ0v) is 14.1. The number of carboxylic acid groups (broad SMARTS) is 1. The standard InChI is InChI=1S/C15H16BrClN2O2/c1-3-12-14(16)13(19(2)18-12)8-11(15(20)21)9-5-4-6-10(17)7-9/h4-7,11H,3,8H2,1-2H3,(H,20,21). The van der Waals surface area contributed by atoms with E-state index in [9.17, 15) is 9.90 Å². The Morgan fingerprint density at radius 3 is 2.76 bits per heavy atom. The van der Waals surface area contributed by atoms with Gasteiger partial charge in [-0.2, -0.15) is 5.10 Å². The van der Waals surface area contributed by atoms with Crippen LogP contribution in [0.4, 0.5) is 0 Å². The van der Waals surface area contributed by atoms with Crippen molar-refractivity contribution in [1.29, 1.82) is 0 Å². The Kier molecular flexibility index (Phi) is 5.06. The molecule has 0 aliphatic heterocycles. The van der Waals surface area contributed by atoms with Gasteiger partial charge < -0.3 is 5.11 Å². The van der Waals surface area contributed by atoms with Crippen molar-refractivity contribution < 1.29 is 9.90 Å². The van der Waals surface area contributed by atoms with Crippen LogP contribution in [0.15, 0.2) is 28.7 Å². The monoisotopic (exact) mass is 370 g/mol. The Labute approximate surface area is 136 Å². The molecule has 4 nitrogen and oxygen atoms in total. The summed E-state index contributed by atoms with van der Waals surface area (Å²) in [5.41, 5.74) is 2.50. The van der Waals surface area contributed by atoms with Crippen LogP contribution >= 0.6 is 27.5 Å². The molecule has 1 aromatic heterocycles. The lowest BCUT2D eigenvalue weighted by Crippen LogP contribution is -2.16. The van der Waals surface area contributed by atoms with Crippen molar-refractivity contribution in [2.75, 3.05) is 0 Å². The molecule has 2 aromatic rings. The van der Waals surface area contributed by atoms with Gasteiger partial charge >= 0.3 is 5.97 Å². The molecule has 0 radical (unpaired) electrons. The molecule has 1 atom stereocenters. The first-order chi connectivity index (χ1) is 9.93. The molecular weight excluding hydrogens is 356 g/mol. The average molecular weight is 372 g/mol. The maximum absolute atomic E-state index is 11.6. The Bertz CT molecular complexity index is 670. The first-order valence-corrected chi connectivity index (χ1v) is 7.79. The van der Waals surface area contributed by atoms with Crippen molar-refractivity contribution in [2.24, 2.45) is 7.05 Å². The van der Waals surface area contributed by atoms with Gasteiger partial charge in [0.15, 0.2) is 0 Å². The summed E-state index contributed by atoms with van der Waals surface area (Å²) in [5.74, 6) is -1.52. The highest BCUT2D eigenvalue weighted by atomic mass is 79.9. The van der Waals surface area contributed by atoms with E-state index in [-0.39, 0.29) is 0 Å². The average Bonchev–Trinajstić information content (AvgIpc) is 2.70. The van der Waals surface area contributed by atoms with Crippen LogP contribution in [0.2, 0.25) is 5.02 Å². The molecule has 112 valence electrons. The molecule has 0 aliphatic carbocycles. The molecule has 0 fully saturated rings. The van der Waals surface area contributed by atoms with Crippen molar-refractivity contribution in [1.82, 2.24) is 9.78 Å². The van der Waals surface area contributed by atoms with Gasteiger partial charge in [-0.05, 0) is 40.0 Å². The first kappa shape index (κ1) is 16.0. The van der Waals surface area contributed by atoms with E-state index in [1.54, 1.807) is 28.9 Å². The topological polar surface area (TPSA) is 55.1 Å². The van der Waals surface area contributed by atoms with E-state index in [1.165, 1.54) is 0 Å². The highest BCUT2D eigenvalue weighted by Crippen LogP contribution is 2.29. The summed E-state index contributed by atoms with van der Waals surface area (Å²) in [6.45, 7) is 2.02. The summed E-state index contributed by atoms with van der Waals surface area (Å²) in [4.78, 5) is 11.6. The van der Waals surface area contributed by atoms with Gasteiger partial charge in [0.05, 0.1) is 21.8 Å². The summed E-state index contributed by atoms with van der Waals surface area (Å²) in [6.07, 6.45) is 1.16. The highest BCUT2D eigenvalue weighted by Gasteiger charge is 2.24. The molecule has 1 unspecified atom stereocenters. The van der Waals surface area contributed by atoms with E-state index in [1.807, 2.05) is 14.0 Å². The lowest BCUT2D eigenvalue weighted by Gasteiger charge is -2.13. The minimum atomic E-state index is -0.872. The third kappa shape index (κ3) is 3.47. The molecule has 6 heteroatoms. The number of rotatable bonds is 5. The summed E-state index contributed by atoms with van der Waals surface area (Å²) in [5, 5.41) is 14.5. The second-order valence-corrected chi connectivity index (χ2v) is 6.06. The molecule has 1 N–H and O–H groups in total. The molecular formula is C15H16BrClN2O2. The smallest absolute Gasteiger partial charge is 0.311 e. The van der Waals surface area contributed by atoms with E-state index >= 15 is 0 Å². The van der Waals surface area contributed by atoms with E-state index < -0.39 is 11.9 Å². The molecule has 2 rings (SSSR count). The lowest BCUT2D eigenvalue weighted by atomic mass is 9.94. The Morgan fingerprint density at radius 1 is 1.52 bits per heavy atom. The van der Waals surface area contributed by atoms with Crippen molar-refractivity contribution in [3.8, 4) is 0 Å². The number of halogens is 2. The third-order valence-electron chi connectivity index (χ3n) is 3.45. The number of aryl methyl sites for hydroxylation is 2. The Morgan fingerprint density at radius 2 is 2.24 bits per heavy atom. The lowest BCUT2D eigenvalue weighted by molar-refractivity contribution is -0.138. The highest BCUT2D eigenvalue weighted by molar-refractivity contribution is 9.10. The molecule has 0 saturated heterocycles. The number of carboxylic acids is 1. The fourth-order valence-corrected chi connectivity index (χ4v) is 3.28. The van der Waals surface area contributed by atoms with Gasteiger partial charge in [0.25, 0.3) is 0 Å². The van der Waals surface area contributed by atoms with E-state index in [4.69, 9.17) is 11.6 Å². The van der Waals surface area contributed by atoms with Crippen molar-refractivity contribution in [3.63, 3.8) is 0 Å². The van der Waals surface area contributed by atoms with Crippen LogP contribution in [0.25, 0.3) is 0 Å². The Hall–Kier alpha value is -1.33. The van der Waals surface area contributed by atoms with Gasteiger partial charge in [0.2, 0.25) is 0 Å². The van der Waals surface area contributed by atoms with Gasteiger partial charge in [-0.1, -0.05) is 30.7 Å². The normalized spacial score (nSPS) is 12.4. The van der Waals surface area contributed by atoms with E-state index in [0.29, 0.717) is 17.0 Å². The summed E-state index contributed by atoms with van der Waals surface area (Å²) < 4.78 is 2.63. The molecule has 1 heterocycles. The molecule has 0 spiro atoms. The molecule has 21 heavy (non-hydrogen) atoms. The van der Waals surface area contributed by atoms with Crippen LogP contribution in [-0.2, 0) is 24.7 Å². The summed E-state index contributed by atoms with van der Waals surface area (Å²) in [6, 6.07) is 6.99. The molecule has 0 saturated carbocycles. The number of nitrogens with zero attached hydrogens (tertiary/aromatic N) is 2. The van der Waals surface area contributed by atoms with Gasteiger partial charge in [-0.25, -0.2) is 0 Å². The van der Waals surface area contributed by atoms with E-state index in [2.05, 4.69) is 21.0 Å². The van der Waals surface area contributed by atoms with Crippen molar-refractivity contribution in [2.45, 2.75) is 25.7 Å². The van der Waals surface area contributed by atoms with Crippen LogP contribution in [0, 0.1) is 0 Å². The minimum absolute atomic E-state index is 0.361. The fourth-order valence-electron chi connectivity index (χ4n) is 2.31. The number of benzene rings is 1. The van der Waals surface area contributed by atoms with Crippen LogP contribution in [0.3, 0.4) is 0 Å². The number of carbonyl (C=O) groups is 1. The van der Waals surface area contributed by atoms with Crippen molar-refractivity contribution in [3.05, 3.63) is 50.7 Å². The van der Waals surface area contributed by atoms with Gasteiger partial charge in [0.1, 0.15) is 0 Å². The van der Waals surface area contributed by atoms with Gasteiger partial charge in [-0.3, -0.25) is 9.48 Å². The minimum Gasteiger partial charge on any atom is -0.481 e. The number of hydrogen-bond acceptors (Lipinski definition) is 2. The van der Waals surface area contributed by atoms with Gasteiger partial charge in [0, 0.05) is 18.5 Å². The number of aromatic nitrogens is 2. The molecule has 0 amide bonds. The fraction of sp³-hybridized carbons (Fsp3) is 0.333. The molecule has 0 bridgehead atoms. The SMILES string of the molecule is CCc1nn(C)c(CC(C(=O)O)c2cccc(Cl)c2)c1Br. The largest absolute Gasteiger partial charge is 0.481 e. The second-order valence-electron chi connectivity index (χ2n) is 4.83. The Balaban J connectivity index is 2.38. The zero-order chi connectivity index (χ0) is 15.6. The first-order valence-electron chi connectivity index (χ1n) is 6.62. The predicted octanol–water partition coefficient (Wildman–Crippen LogP) is 3.81. The van der Waals surface area contributed by atoms with Crippen molar-refractivity contribution >= 4 is 33.5 Å². The summed E-state index contributed by atoms with van der Waals surface area (Å²) in [7, 11) is 1.83. The number of aliphatic carboxylic acids is 1. The van der Waals surface area contributed by atoms with Crippen LogP contribution in [-0.4, -0.2) is 20.9 Å². The summed E-state index contributed by atoms with van der Waals surface area (Å²) >= 11 is 9.49. The van der Waals surface area contributed by atoms with Crippen LogP contribution in [0.1, 0.15) is 29.8 Å². The van der Waals surface area contributed by atoms with Crippen LogP contribution in [0.5, 0.6) is 0 Å². The van der Waals surface area contributed by atoms with Gasteiger partial charge in [-0.15, -0.1) is 0 Å². The predicted molar refractivity (Wildman–Crippen MR) is 85.8 cm³/mol. The second kappa shape index (κ2) is 6.62. The quantitative estimate of drug-likeness (QED) is 0.869.